The highest BCUT2D eigenvalue weighted by Crippen LogP contribution is 2.31. The third-order valence-electron chi connectivity index (χ3n) is 3.08. The van der Waals surface area contributed by atoms with Gasteiger partial charge in [0.1, 0.15) is 0 Å². The van der Waals surface area contributed by atoms with Gasteiger partial charge in [-0.15, -0.1) is 11.3 Å². The molecule has 1 aromatic heterocycles. The van der Waals surface area contributed by atoms with Crippen molar-refractivity contribution in [1.82, 2.24) is 4.90 Å². The monoisotopic (exact) mass is 245 g/mol. The number of likely N-dealkylation sites (tertiary alicyclic amines) is 1. The van der Waals surface area contributed by atoms with Gasteiger partial charge >= 0.3 is 0 Å². The van der Waals surface area contributed by atoms with Crippen molar-refractivity contribution in [2.24, 2.45) is 5.92 Å². The number of β-amino-alcohol motifs (C(OH)–C–C–N with tert-alkyl or cyclic N) is 1. The lowest BCUT2D eigenvalue weighted by Gasteiger charge is -2.49. The maximum absolute atomic E-state index is 10.1. The zero-order valence-corrected chi connectivity index (χ0v) is 10.6. The van der Waals surface area contributed by atoms with Crippen LogP contribution in [-0.4, -0.2) is 28.7 Å². The van der Waals surface area contributed by atoms with Crippen molar-refractivity contribution in [3.8, 4) is 0 Å². The van der Waals surface area contributed by atoms with Gasteiger partial charge in [0, 0.05) is 24.5 Å². The maximum Gasteiger partial charge on any atom is 0.0931 e. The van der Waals surface area contributed by atoms with Crippen LogP contribution in [-0.2, 0) is 6.54 Å². The summed E-state index contributed by atoms with van der Waals surface area (Å²) in [7, 11) is 0. The Kier molecular flexibility index (Phi) is 3.08. The lowest BCUT2D eigenvalue weighted by atomic mass is 9.83. The summed E-state index contributed by atoms with van der Waals surface area (Å²) in [6.45, 7) is 6.60. The first-order chi connectivity index (χ1) is 6.99. The molecule has 1 aromatic rings. The molecule has 4 heteroatoms. The van der Waals surface area contributed by atoms with E-state index in [1.165, 1.54) is 4.88 Å². The summed E-state index contributed by atoms with van der Waals surface area (Å²) >= 11 is 7.48. The topological polar surface area (TPSA) is 23.5 Å². The van der Waals surface area contributed by atoms with Crippen molar-refractivity contribution in [2.75, 3.05) is 13.1 Å². The normalized spacial score (nSPS) is 20.6. The molecule has 15 heavy (non-hydrogen) atoms. The van der Waals surface area contributed by atoms with Crippen LogP contribution in [0.5, 0.6) is 0 Å². The molecule has 2 nitrogen and oxygen atoms in total. The van der Waals surface area contributed by atoms with Gasteiger partial charge in [-0.05, 0) is 18.1 Å². The molecule has 0 unspecified atom stereocenters. The van der Waals surface area contributed by atoms with Crippen LogP contribution in [0.4, 0.5) is 0 Å². The van der Waals surface area contributed by atoms with Gasteiger partial charge in [-0.3, -0.25) is 4.90 Å². The number of halogens is 1. The quantitative estimate of drug-likeness (QED) is 0.885. The van der Waals surface area contributed by atoms with Crippen LogP contribution in [0.3, 0.4) is 0 Å². The molecule has 1 fully saturated rings. The molecule has 84 valence electrons. The molecule has 0 bridgehead atoms. The largest absolute Gasteiger partial charge is 0.387 e. The number of nitrogens with zero attached hydrogens (tertiary/aromatic N) is 1. The summed E-state index contributed by atoms with van der Waals surface area (Å²) in [5, 5.41) is 10.1. The average Bonchev–Trinajstić information content (AvgIpc) is 2.48. The maximum atomic E-state index is 10.1. The molecule has 1 N–H and O–H groups in total. The van der Waals surface area contributed by atoms with Crippen molar-refractivity contribution in [1.29, 1.82) is 0 Å². The Balaban J connectivity index is 1.86. The van der Waals surface area contributed by atoms with Crippen LogP contribution in [0.25, 0.3) is 0 Å². The van der Waals surface area contributed by atoms with Crippen molar-refractivity contribution < 1.29 is 5.11 Å². The van der Waals surface area contributed by atoms with Crippen LogP contribution in [0.1, 0.15) is 18.7 Å². The van der Waals surface area contributed by atoms with E-state index < -0.39 is 5.60 Å². The fourth-order valence-corrected chi connectivity index (χ4v) is 2.99. The van der Waals surface area contributed by atoms with Gasteiger partial charge in [-0.1, -0.05) is 25.4 Å². The molecule has 1 saturated heterocycles. The van der Waals surface area contributed by atoms with Crippen molar-refractivity contribution >= 4 is 22.9 Å². The summed E-state index contributed by atoms with van der Waals surface area (Å²) in [6, 6.07) is 3.98. The first-order valence-corrected chi connectivity index (χ1v) is 6.38. The second-order valence-corrected chi connectivity index (χ2v) is 6.41. The third-order valence-corrected chi connectivity index (χ3v) is 4.29. The van der Waals surface area contributed by atoms with E-state index in [-0.39, 0.29) is 0 Å². The Morgan fingerprint density at radius 1 is 1.53 bits per heavy atom. The minimum atomic E-state index is -0.471. The summed E-state index contributed by atoms with van der Waals surface area (Å²) in [4.78, 5) is 3.52. The lowest BCUT2D eigenvalue weighted by Crippen LogP contribution is -2.63. The van der Waals surface area contributed by atoms with Crippen LogP contribution in [0.15, 0.2) is 12.1 Å². The average molecular weight is 246 g/mol. The first-order valence-electron chi connectivity index (χ1n) is 5.18. The van der Waals surface area contributed by atoms with E-state index in [2.05, 4.69) is 24.8 Å². The SMILES string of the molecule is CC(C)C1(O)CN(Cc2ccc(Cl)s2)C1. The van der Waals surface area contributed by atoms with E-state index in [1.54, 1.807) is 11.3 Å². The number of aliphatic hydroxyl groups is 1. The van der Waals surface area contributed by atoms with Gasteiger partial charge in [-0.25, -0.2) is 0 Å². The number of hydrogen-bond acceptors (Lipinski definition) is 3. The summed E-state index contributed by atoms with van der Waals surface area (Å²) in [5.74, 6) is 0.334. The molecule has 0 spiro atoms. The van der Waals surface area contributed by atoms with Gasteiger partial charge in [0.25, 0.3) is 0 Å². The molecular formula is C11H16ClNOS. The molecular weight excluding hydrogens is 230 g/mol. The Morgan fingerprint density at radius 3 is 2.67 bits per heavy atom. The van der Waals surface area contributed by atoms with Crippen molar-refractivity contribution in [2.45, 2.75) is 26.0 Å². The Bertz CT molecular complexity index is 344. The highest BCUT2D eigenvalue weighted by molar-refractivity contribution is 7.16. The minimum Gasteiger partial charge on any atom is -0.387 e. The van der Waals surface area contributed by atoms with Crippen molar-refractivity contribution in [3.05, 3.63) is 21.3 Å². The summed E-state index contributed by atoms with van der Waals surface area (Å²) in [6.07, 6.45) is 0. The predicted molar refractivity (Wildman–Crippen MR) is 64.4 cm³/mol. The van der Waals surface area contributed by atoms with E-state index in [0.717, 1.165) is 24.0 Å². The zero-order chi connectivity index (χ0) is 11.1. The van der Waals surface area contributed by atoms with E-state index in [9.17, 15) is 5.11 Å². The number of rotatable bonds is 3. The van der Waals surface area contributed by atoms with E-state index in [0.29, 0.717) is 5.92 Å². The standard InChI is InChI=1S/C11H16ClNOS/c1-8(2)11(14)6-13(7-11)5-9-3-4-10(12)15-9/h3-4,8,14H,5-7H2,1-2H3. The Labute approximate surface area is 99.5 Å². The van der Waals surface area contributed by atoms with Gasteiger partial charge in [-0.2, -0.15) is 0 Å². The summed E-state index contributed by atoms with van der Waals surface area (Å²) in [5.41, 5.74) is -0.471. The van der Waals surface area contributed by atoms with Crippen LogP contribution in [0, 0.1) is 5.92 Å². The Hall–Kier alpha value is -0.0900. The van der Waals surface area contributed by atoms with E-state index >= 15 is 0 Å². The molecule has 0 radical (unpaired) electrons. The minimum absolute atomic E-state index is 0.334. The zero-order valence-electron chi connectivity index (χ0n) is 9.03. The summed E-state index contributed by atoms with van der Waals surface area (Å²) < 4.78 is 0.838. The smallest absolute Gasteiger partial charge is 0.0931 e. The van der Waals surface area contributed by atoms with Gasteiger partial charge in [0.05, 0.1) is 9.94 Å². The highest BCUT2D eigenvalue weighted by atomic mass is 35.5. The molecule has 0 aliphatic carbocycles. The molecule has 0 aromatic carbocycles. The molecule has 0 saturated carbocycles. The first kappa shape index (κ1) is 11.4. The Morgan fingerprint density at radius 2 is 2.20 bits per heavy atom. The molecule has 1 aliphatic rings. The molecule has 2 heterocycles. The predicted octanol–water partition coefficient (Wildman–Crippen LogP) is 2.60. The van der Waals surface area contributed by atoms with Gasteiger partial charge in [0.2, 0.25) is 0 Å². The number of thiophene rings is 1. The molecule has 0 atom stereocenters. The van der Waals surface area contributed by atoms with E-state index in [1.807, 2.05) is 6.07 Å². The highest BCUT2D eigenvalue weighted by Gasteiger charge is 2.43. The third kappa shape index (κ3) is 2.36. The molecule has 2 rings (SSSR count). The van der Waals surface area contributed by atoms with Crippen LogP contribution in [0.2, 0.25) is 4.34 Å². The van der Waals surface area contributed by atoms with Gasteiger partial charge < -0.3 is 5.11 Å². The second kappa shape index (κ2) is 4.06. The van der Waals surface area contributed by atoms with E-state index in [4.69, 9.17) is 11.6 Å². The van der Waals surface area contributed by atoms with Crippen LogP contribution >= 0.6 is 22.9 Å². The molecule has 0 amide bonds. The second-order valence-electron chi connectivity index (χ2n) is 4.61. The van der Waals surface area contributed by atoms with Crippen molar-refractivity contribution in [3.63, 3.8) is 0 Å². The van der Waals surface area contributed by atoms with Crippen LogP contribution < -0.4 is 0 Å². The fraction of sp³-hybridized carbons (Fsp3) is 0.636. The van der Waals surface area contributed by atoms with Gasteiger partial charge in [0.15, 0.2) is 0 Å². The fourth-order valence-electron chi connectivity index (χ4n) is 1.86. The number of hydrogen-bond donors (Lipinski definition) is 1. The lowest BCUT2D eigenvalue weighted by molar-refractivity contribution is -0.130. The molecule has 1 aliphatic heterocycles.